The zero-order valence-electron chi connectivity index (χ0n) is 22.1. The van der Waals surface area contributed by atoms with Crippen LogP contribution in [0.5, 0.6) is 5.75 Å². The average Bonchev–Trinajstić information content (AvgIpc) is 3.66. The minimum atomic E-state index is 0.0129. The Bertz CT molecular complexity index is 1550. The number of carbonyl (C=O) groups is 1. The molecule has 2 aliphatic carbocycles. The van der Waals surface area contributed by atoms with E-state index >= 15 is 0 Å². The van der Waals surface area contributed by atoms with Crippen LogP contribution in [0.3, 0.4) is 0 Å². The Morgan fingerprint density at radius 3 is 2.71 bits per heavy atom. The summed E-state index contributed by atoms with van der Waals surface area (Å²) in [6.45, 7) is 3.62. The molecule has 1 aromatic carbocycles. The van der Waals surface area contributed by atoms with Crippen molar-refractivity contribution in [3.05, 3.63) is 42.1 Å². The molecule has 3 aliphatic rings. The molecule has 9 nitrogen and oxygen atoms in total. The average molecular weight is 515 g/mol. The molecule has 38 heavy (non-hydrogen) atoms. The third kappa shape index (κ3) is 3.34. The van der Waals surface area contributed by atoms with Gasteiger partial charge in [0.15, 0.2) is 5.82 Å². The fourth-order valence-corrected chi connectivity index (χ4v) is 6.99. The third-order valence-corrected chi connectivity index (χ3v) is 9.10. The molecule has 2 N–H and O–H groups in total. The van der Waals surface area contributed by atoms with Crippen molar-refractivity contribution in [1.29, 1.82) is 0 Å². The van der Waals surface area contributed by atoms with E-state index < -0.39 is 0 Å². The van der Waals surface area contributed by atoms with Crippen molar-refractivity contribution in [2.24, 2.45) is 11.7 Å². The molecule has 2 saturated carbocycles. The molecule has 0 unspecified atom stereocenters. The van der Waals surface area contributed by atoms with E-state index in [0.29, 0.717) is 17.2 Å². The number of methoxy groups -OCH3 is 2. The number of pyridine rings is 1. The summed E-state index contributed by atoms with van der Waals surface area (Å²) in [5.74, 6) is 1.94. The number of ether oxygens (including phenoxy) is 2. The van der Waals surface area contributed by atoms with Crippen molar-refractivity contribution in [3.63, 3.8) is 0 Å². The monoisotopic (exact) mass is 514 g/mol. The molecule has 1 amide bonds. The van der Waals surface area contributed by atoms with Crippen molar-refractivity contribution in [2.75, 3.05) is 20.8 Å². The fraction of sp³-hybridized carbons (Fsp3) is 0.483. The Labute approximate surface area is 221 Å². The number of hydrogen-bond donors (Lipinski definition) is 1. The predicted octanol–water partition coefficient (Wildman–Crippen LogP) is 3.99. The summed E-state index contributed by atoms with van der Waals surface area (Å²) in [5.41, 5.74) is 10.6. The quantitative estimate of drug-likeness (QED) is 0.418. The van der Waals surface area contributed by atoms with Crippen molar-refractivity contribution >= 4 is 28.0 Å². The molecule has 3 fully saturated rings. The molecule has 198 valence electrons. The number of aryl methyl sites for hydroxylation is 1. The van der Waals surface area contributed by atoms with Crippen molar-refractivity contribution in [2.45, 2.75) is 63.4 Å². The van der Waals surface area contributed by atoms with Gasteiger partial charge in [0.25, 0.3) is 5.91 Å². The molecule has 9 heteroatoms. The van der Waals surface area contributed by atoms with Crippen LogP contribution in [0.1, 0.15) is 49.0 Å². The standard InChI is InChI=1S/C29H34N6O3/c1-4-33-23(11-16-6-5-9-31-27(16)33)28-32-21-10-18(29(36)34-15-17-7-8-22(34)25(17)30)12-24(38-3)26(21)35(28)19-13-20(14-19)37-2/h5-6,9-12,17,19-20,22,25H,4,7-8,13-15,30H2,1-3H3/t17-,19?,20?,22-,25-/m1/s1. The molecule has 3 aromatic heterocycles. The summed E-state index contributed by atoms with van der Waals surface area (Å²) in [6, 6.07) is 10.4. The lowest BCUT2D eigenvalue weighted by molar-refractivity contribution is 0.00771. The maximum absolute atomic E-state index is 13.7. The number of fused-ring (bicyclic) bond motifs is 4. The van der Waals surface area contributed by atoms with Gasteiger partial charge in [-0.2, -0.15) is 0 Å². The molecule has 3 atom stereocenters. The van der Waals surface area contributed by atoms with Crippen molar-refractivity contribution in [1.82, 2.24) is 24.0 Å². The van der Waals surface area contributed by atoms with E-state index in [-0.39, 0.29) is 30.1 Å². The van der Waals surface area contributed by atoms with Crippen LogP contribution in [0.4, 0.5) is 0 Å². The Balaban J connectivity index is 1.40. The van der Waals surface area contributed by atoms with Crippen molar-refractivity contribution < 1.29 is 14.3 Å². The number of rotatable bonds is 6. The van der Waals surface area contributed by atoms with Crippen LogP contribution in [-0.4, -0.2) is 68.9 Å². The van der Waals surface area contributed by atoms with Gasteiger partial charge in [0, 0.05) is 55.5 Å². The lowest BCUT2D eigenvalue weighted by atomic mass is 9.88. The summed E-state index contributed by atoms with van der Waals surface area (Å²) < 4.78 is 16.1. The summed E-state index contributed by atoms with van der Waals surface area (Å²) >= 11 is 0. The number of nitrogens with two attached hydrogens (primary N) is 1. The molecule has 4 heterocycles. The third-order valence-electron chi connectivity index (χ3n) is 9.10. The zero-order chi connectivity index (χ0) is 26.1. The number of nitrogens with zero attached hydrogens (tertiary/aromatic N) is 5. The minimum Gasteiger partial charge on any atom is -0.494 e. The van der Waals surface area contributed by atoms with Gasteiger partial charge in [-0.25, -0.2) is 9.97 Å². The molecular formula is C29H34N6O3. The number of aromatic nitrogens is 4. The number of likely N-dealkylation sites (tertiary alicyclic amines) is 1. The Morgan fingerprint density at radius 2 is 2.03 bits per heavy atom. The number of hydrogen-bond acceptors (Lipinski definition) is 6. The zero-order valence-corrected chi connectivity index (χ0v) is 22.1. The number of imidazole rings is 1. The van der Waals surface area contributed by atoms with Crippen LogP contribution >= 0.6 is 0 Å². The van der Waals surface area contributed by atoms with Gasteiger partial charge in [-0.05, 0) is 68.9 Å². The summed E-state index contributed by atoms with van der Waals surface area (Å²) in [5, 5.41) is 1.08. The molecule has 0 spiro atoms. The highest BCUT2D eigenvalue weighted by atomic mass is 16.5. The summed E-state index contributed by atoms with van der Waals surface area (Å²) in [6.07, 6.45) is 5.94. The smallest absolute Gasteiger partial charge is 0.254 e. The highest BCUT2D eigenvalue weighted by Gasteiger charge is 2.47. The summed E-state index contributed by atoms with van der Waals surface area (Å²) in [7, 11) is 3.43. The second-order valence-corrected chi connectivity index (χ2v) is 11.0. The first kappa shape index (κ1) is 23.7. The fourth-order valence-electron chi connectivity index (χ4n) is 6.99. The number of amides is 1. The molecule has 0 radical (unpaired) electrons. The highest BCUT2D eigenvalue weighted by Crippen LogP contribution is 2.44. The number of piperidine rings is 1. The Morgan fingerprint density at radius 1 is 1.18 bits per heavy atom. The van der Waals surface area contributed by atoms with Gasteiger partial charge in [-0.15, -0.1) is 0 Å². The normalized spacial score (nSPS) is 26.4. The minimum absolute atomic E-state index is 0.0129. The van der Waals surface area contributed by atoms with E-state index in [0.717, 1.165) is 72.4 Å². The van der Waals surface area contributed by atoms with E-state index in [1.54, 1.807) is 14.2 Å². The molecule has 7 rings (SSSR count). The van der Waals surface area contributed by atoms with Crippen molar-refractivity contribution in [3.8, 4) is 17.3 Å². The van der Waals surface area contributed by atoms with E-state index in [2.05, 4.69) is 33.2 Å². The molecular weight excluding hydrogens is 480 g/mol. The van der Waals surface area contributed by atoms with Crippen LogP contribution in [0.2, 0.25) is 0 Å². The maximum Gasteiger partial charge on any atom is 0.254 e. The van der Waals surface area contributed by atoms with Gasteiger partial charge in [-0.1, -0.05) is 0 Å². The Kier molecular flexibility index (Phi) is 5.49. The molecule has 1 saturated heterocycles. The number of carbonyl (C=O) groups excluding carboxylic acids is 1. The van der Waals surface area contributed by atoms with Crippen LogP contribution in [-0.2, 0) is 11.3 Å². The Hall–Kier alpha value is -3.43. The first-order valence-corrected chi connectivity index (χ1v) is 13.7. The largest absolute Gasteiger partial charge is 0.494 e. The van der Waals surface area contributed by atoms with E-state index in [1.807, 2.05) is 29.3 Å². The molecule has 1 aliphatic heterocycles. The van der Waals surface area contributed by atoms with Crippen LogP contribution in [0.15, 0.2) is 36.5 Å². The second-order valence-electron chi connectivity index (χ2n) is 11.0. The first-order valence-electron chi connectivity index (χ1n) is 13.7. The van der Waals surface area contributed by atoms with Gasteiger partial charge >= 0.3 is 0 Å². The van der Waals surface area contributed by atoms with Crippen LogP contribution in [0.25, 0.3) is 33.6 Å². The van der Waals surface area contributed by atoms with Crippen LogP contribution in [0, 0.1) is 5.92 Å². The van der Waals surface area contributed by atoms with Gasteiger partial charge in [0.2, 0.25) is 0 Å². The van der Waals surface area contributed by atoms with E-state index in [4.69, 9.17) is 20.2 Å². The molecule has 4 aromatic rings. The van der Waals surface area contributed by atoms with Crippen LogP contribution < -0.4 is 10.5 Å². The number of benzene rings is 1. The first-order chi connectivity index (χ1) is 18.5. The topological polar surface area (TPSA) is 100 Å². The van der Waals surface area contributed by atoms with Gasteiger partial charge in [0.05, 0.1) is 24.4 Å². The second kappa shape index (κ2) is 8.81. The van der Waals surface area contributed by atoms with Gasteiger partial charge in [-0.3, -0.25) is 4.79 Å². The van der Waals surface area contributed by atoms with E-state index in [1.165, 1.54) is 0 Å². The lowest BCUT2D eigenvalue weighted by Crippen LogP contribution is -2.41. The SMILES string of the molecule is CCn1c(-c2nc3cc(C(=O)N4C[C@H]5CC[C@@H]4[C@@H]5N)cc(OC)c3n2C2CC(OC)C2)cc2cccnc21. The highest BCUT2D eigenvalue weighted by molar-refractivity contribution is 6.00. The maximum atomic E-state index is 13.7. The summed E-state index contributed by atoms with van der Waals surface area (Å²) in [4.78, 5) is 25.5. The van der Waals surface area contributed by atoms with Gasteiger partial charge < -0.3 is 29.2 Å². The lowest BCUT2D eigenvalue weighted by Gasteiger charge is -2.36. The van der Waals surface area contributed by atoms with E-state index in [9.17, 15) is 4.79 Å². The van der Waals surface area contributed by atoms with Gasteiger partial charge in [0.1, 0.15) is 16.9 Å². The molecule has 2 bridgehead atoms. The predicted molar refractivity (Wildman–Crippen MR) is 145 cm³/mol.